The van der Waals surface area contributed by atoms with E-state index in [0.29, 0.717) is 6.04 Å². The van der Waals surface area contributed by atoms with Crippen LogP contribution in [0.5, 0.6) is 0 Å². The lowest BCUT2D eigenvalue weighted by Crippen LogP contribution is -2.33. The molecule has 1 fully saturated rings. The fourth-order valence-corrected chi connectivity index (χ4v) is 2.98. The predicted octanol–water partition coefficient (Wildman–Crippen LogP) is 2.22. The molecule has 1 saturated heterocycles. The van der Waals surface area contributed by atoms with E-state index in [9.17, 15) is 0 Å². The third-order valence-electron chi connectivity index (χ3n) is 3.39. The van der Waals surface area contributed by atoms with Crippen molar-refractivity contribution in [1.82, 2.24) is 10.2 Å². The zero-order chi connectivity index (χ0) is 13.3. The molecular formula is C16H22N2S. The minimum atomic E-state index is 0.648. The molecule has 0 aliphatic carbocycles. The summed E-state index contributed by atoms with van der Waals surface area (Å²) in [5, 5.41) is 3.63. The number of benzene rings is 1. The van der Waals surface area contributed by atoms with Crippen molar-refractivity contribution in [3.05, 3.63) is 35.9 Å². The Balaban J connectivity index is 1.62. The summed E-state index contributed by atoms with van der Waals surface area (Å²) in [5.41, 5.74) is 1.41. The van der Waals surface area contributed by atoms with Crippen LogP contribution in [0, 0.1) is 12.3 Å². The Bertz CT molecular complexity index is 399. The summed E-state index contributed by atoms with van der Waals surface area (Å²) in [6, 6.07) is 11.4. The van der Waals surface area contributed by atoms with Crippen LogP contribution >= 0.6 is 11.8 Å². The van der Waals surface area contributed by atoms with Crippen LogP contribution in [-0.2, 0) is 6.54 Å². The first kappa shape index (κ1) is 14.5. The number of nitrogens with zero attached hydrogens (tertiary/aromatic N) is 1. The Hall–Kier alpha value is -0.950. The summed E-state index contributed by atoms with van der Waals surface area (Å²) in [4.78, 5) is 2.53. The fourth-order valence-electron chi connectivity index (χ4n) is 2.45. The highest BCUT2D eigenvalue weighted by atomic mass is 32.2. The maximum atomic E-state index is 5.23. The highest BCUT2D eigenvalue weighted by Gasteiger charge is 2.21. The van der Waals surface area contributed by atoms with E-state index in [0.717, 1.165) is 31.1 Å². The third kappa shape index (κ3) is 5.28. The quantitative estimate of drug-likeness (QED) is 0.606. The van der Waals surface area contributed by atoms with Crippen LogP contribution in [0.15, 0.2) is 30.3 Å². The van der Waals surface area contributed by atoms with E-state index in [-0.39, 0.29) is 0 Å². The molecule has 19 heavy (non-hydrogen) atoms. The zero-order valence-electron chi connectivity index (χ0n) is 11.3. The zero-order valence-corrected chi connectivity index (χ0v) is 12.2. The molecular weight excluding hydrogens is 252 g/mol. The van der Waals surface area contributed by atoms with Crippen LogP contribution in [0.4, 0.5) is 0 Å². The molecule has 3 heteroatoms. The van der Waals surface area contributed by atoms with Crippen LogP contribution in [0.1, 0.15) is 12.0 Å². The summed E-state index contributed by atoms with van der Waals surface area (Å²) < 4.78 is 0. The Morgan fingerprint density at radius 3 is 3.00 bits per heavy atom. The summed E-state index contributed by atoms with van der Waals surface area (Å²) in [6.07, 6.45) is 6.48. The maximum absolute atomic E-state index is 5.23. The number of hydrogen-bond donors (Lipinski definition) is 1. The van der Waals surface area contributed by atoms with Crippen molar-refractivity contribution >= 4 is 11.8 Å². The minimum absolute atomic E-state index is 0.648. The van der Waals surface area contributed by atoms with Crippen molar-refractivity contribution in [2.45, 2.75) is 19.0 Å². The Kier molecular flexibility index (Phi) is 6.29. The number of terminal acetylenes is 1. The molecule has 0 spiro atoms. The second-order valence-electron chi connectivity index (χ2n) is 4.92. The Labute approximate surface area is 121 Å². The second kappa shape index (κ2) is 8.27. The summed E-state index contributed by atoms with van der Waals surface area (Å²) in [6.45, 7) is 4.50. The van der Waals surface area contributed by atoms with Crippen LogP contribution in [0.2, 0.25) is 0 Å². The van der Waals surface area contributed by atoms with Gasteiger partial charge in [0.2, 0.25) is 0 Å². The standard InChI is InChI=1S/C16H22N2S/c1-2-11-19-12-9-17-16-8-10-18(14-16)13-15-6-4-3-5-7-15/h1,3-7,16-17H,8-14H2. The molecule has 2 nitrogen and oxygen atoms in total. The number of likely N-dealkylation sites (tertiary alicyclic amines) is 1. The summed E-state index contributed by atoms with van der Waals surface area (Å²) >= 11 is 1.83. The number of rotatable bonds is 7. The van der Waals surface area contributed by atoms with Crippen molar-refractivity contribution in [3.8, 4) is 12.3 Å². The van der Waals surface area contributed by atoms with E-state index in [1.807, 2.05) is 11.8 Å². The van der Waals surface area contributed by atoms with Gasteiger partial charge in [0.1, 0.15) is 0 Å². The molecule has 1 heterocycles. The Morgan fingerprint density at radius 1 is 1.37 bits per heavy atom. The first-order valence-electron chi connectivity index (χ1n) is 6.89. The van der Waals surface area contributed by atoms with Crippen LogP contribution in [-0.4, -0.2) is 42.1 Å². The molecule has 102 valence electrons. The van der Waals surface area contributed by atoms with Gasteiger partial charge in [-0.3, -0.25) is 4.90 Å². The van der Waals surface area contributed by atoms with Gasteiger partial charge in [0.05, 0.1) is 5.75 Å². The van der Waals surface area contributed by atoms with Gasteiger partial charge in [-0.2, -0.15) is 0 Å². The van der Waals surface area contributed by atoms with Gasteiger partial charge in [0, 0.05) is 38.0 Å². The van der Waals surface area contributed by atoms with Gasteiger partial charge in [0.25, 0.3) is 0 Å². The monoisotopic (exact) mass is 274 g/mol. The predicted molar refractivity (Wildman–Crippen MR) is 84.3 cm³/mol. The van der Waals surface area contributed by atoms with E-state index in [1.165, 1.54) is 18.5 Å². The number of nitrogens with one attached hydrogen (secondary N) is 1. The van der Waals surface area contributed by atoms with Gasteiger partial charge >= 0.3 is 0 Å². The highest BCUT2D eigenvalue weighted by molar-refractivity contribution is 7.99. The van der Waals surface area contributed by atoms with E-state index >= 15 is 0 Å². The molecule has 1 aliphatic rings. The van der Waals surface area contributed by atoms with Gasteiger partial charge in [-0.1, -0.05) is 36.3 Å². The minimum Gasteiger partial charge on any atom is -0.312 e. The normalized spacial score (nSPS) is 19.4. The SMILES string of the molecule is C#CCSCCNC1CCN(Cc2ccccc2)C1. The largest absolute Gasteiger partial charge is 0.312 e. The molecule has 0 radical (unpaired) electrons. The summed E-state index contributed by atoms with van der Waals surface area (Å²) in [7, 11) is 0. The first-order valence-corrected chi connectivity index (χ1v) is 8.05. The molecule has 2 rings (SSSR count). The van der Waals surface area contributed by atoms with Crippen LogP contribution in [0.3, 0.4) is 0 Å². The van der Waals surface area contributed by atoms with E-state index in [4.69, 9.17) is 6.42 Å². The molecule has 1 unspecified atom stereocenters. The molecule has 1 aromatic rings. The van der Waals surface area contributed by atoms with E-state index in [2.05, 4.69) is 46.5 Å². The molecule has 1 aliphatic heterocycles. The molecule has 0 bridgehead atoms. The smallest absolute Gasteiger partial charge is 0.0545 e. The molecule has 0 amide bonds. The number of hydrogen-bond acceptors (Lipinski definition) is 3. The maximum Gasteiger partial charge on any atom is 0.0545 e. The summed E-state index contributed by atoms with van der Waals surface area (Å²) in [5.74, 6) is 4.59. The lowest BCUT2D eigenvalue weighted by atomic mass is 10.2. The van der Waals surface area contributed by atoms with Crippen molar-refractivity contribution < 1.29 is 0 Å². The lowest BCUT2D eigenvalue weighted by molar-refractivity contribution is 0.321. The highest BCUT2D eigenvalue weighted by Crippen LogP contribution is 2.13. The van der Waals surface area contributed by atoms with Crippen molar-refractivity contribution in [2.75, 3.05) is 31.1 Å². The molecule has 0 saturated carbocycles. The van der Waals surface area contributed by atoms with Crippen LogP contribution in [0.25, 0.3) is 0 Å². The van der Waals surface area contributed by atoms with Crippen LogP contribution < -0.4 is 5.32 Å². The van der Waals surface area contributed by atoms with Gasteiger partial charge in [-0.05, 0) is 12.0 Å². The van der Waals surface area contributed by atoms with Gasteiger partial charge in [0.15, 0.2) is 0 Å². The molecule has 1 N–H and O–H groups in total. The van der Waals surface area contributed by atoms with E-state index < -0.39 is 0 Å². The van der Waals surface area contributed by atoms with Gasteiger partial charge < -0.3 is 5.32 Å². The Morgan fingerprint density at radius 2 is 2.21 bits per heavy atom. The second-order valence-corrected chi connectivity index (χ2v) is 6.02. The molecule has 0 aromatic heterocycles. The topological polar surface area (TPSA) is 15.3 Å². The van der Waals surface area contributed by atoms with Crippen molar-refractivity contribution in [2.24, 2.45) is 0 Å². The average Bonchev–Trinajstić information content (AvgIpc) is 2.87. The molecule has 1 aromatic carbocycles. The van der Waals surface area contributed by atoms with Gasteiger partial charge in [-0.15, -0.1) is 18.2 Å². The average molecular weight is 274 g/mol. The third-order valence-corrected chi connectivity index (χ3v) is 4.25. The van der Waals surface area contributed by atoms with Gasteiger partial charge in [-0.25, -0.2) is 0 Å². The van der Waals surface area contributed by atoms with Crippen molar-refractivity contribution in [3.63, 3.8) is 0 Å². The van der Waals surface area contributed by atoms with E-state index in [1.54, 1.807) is 0 Å². The first-order chi connectivity index (χ1) is 9.38. The molecule has 1 atom stereocenters. The number of thioether (sulfide) groups is 1. The lowest BCUT2D eigenvalue weighted by Gasteiger charge is -2.16. The van der Waals surface area contributed by atoms with Crippen molar-refractivity contribution in [1.29, 1.82) is 0 Å². The fraction of sp³-hybridized carbons (Fsp3) is 0.500.